The van der Waals surface area contributed by atoms with Gasteiger partial charge < -0.3 is 10.6 Å². The number of benzene rings is 2. The van der Waals surface area contributed by atoms with Crippen LogP contribution in [-0.2, 0) is 4.79 Å². The molecule has 38 heavy (non-hydrogen) atoms. The lowest BCUT2D eigenvalue weighted by Crippen LogP contribution is -2.48. The molecular formula is C24H18BrCl3F6N2O2. The van der Waals surface area contributed by atoms with E-state index in [1.165, 1.54) is 30.4 Å². The summed E-state index contributed by atoms with van der Waals surface area (Å²) in [5, 5.41) is 3.64. The van der Waals surface area contributed by atoms with Crippen LogP contribution in [0.15, 0.2) is 53.5 Å². The van der Waals surface area contributed by atoms with Crippen molar-refractivity contribution in [2.24, 2.45) is 0 Å². The highest BCUT2D eigenvalue weighted by Crippen LogP contribution is 2.41. The predicted molar refractivity (Wildman–Crippen MR) is 139 cm³/mol. The minimum atomic E-state index is -4.69. The SMILES string of the molecule is C=CCC(NC(=O)c1ccc(/C=C/C(c2cc(Cl)c(Cl)c(Cl)c2)C(F)(F)F)cc1Br)C(=O)NCC(F)(F)F. The number of allylic oxidation sites excluding steroid dienone is 1. The van der Waals surface area contributed by atoms with Gasteiger partial charge in [-0.3, -0.25) is 9.59 Å². The van der Waals surface area contributed by atoms with E-state index in [2.05, 4.69) is 27.8 Å². The Morgan fingerprint density at radius 1 is 1.03 bits per heavy atom. The fourth-order valence-electron chi connectivity index (χ4n) is 3.14. The monoisotopic (exact) mass is 664 g/mol. The van der Waals surface area contributed by atoms with Crippen LogP contribution >= 0.6 is 50.7 Å². The number of alkyl halides is 6. The van der Waals surface area contributed by atoms with Gasteiger partial charge in [0.05, 0.1) is 26.5 Å². The molecule has 0 fully saturated rings. The lowest BCUT2D eigenvalue weighted by atomic mass is 9.97. The molecule has 0 bridgehead atoms. The zero-order chi connectivity index (χ0) is 28.8. The molecule has 2 aromatic carbocycles. The summed E-state index contributed by atoms with van der Waals surface area (Å²) < 4.78 is 78.6. The molecule has 2 aromatic rings. The molecule has 0 heterocycles. The smallest absolute Gasteiger partial charge is 0.345 e. The summed E-state index contributed by atoms with van der Waals surface area (Å²) in [7, 11) is 0. The van der Waals surface area contributed by atoms with Gasteiger partial charge in [0.2, 0.25) is 5.91 Å². The van der Waals surface area contributed by atoms with Crippen molar-refractivity contribution in [2.45, 2.75) is 30.7 Å². The Morgan fingerprint density at radius 3 is 2.13 bits per heavy atom. The van der Waals surface area contributed by atoms with Crippen molar-refractivity contribution in [2.75, 3.05) is 6.54 Å². The molecule has 2 unspecified atom stereocenters. The average Bonchev–Trinajstić information content (AvgIpc) is 2.79. The van der Waals surface area contributed by atoms with Gasteiger partial charge in [-0.05, 0) is 57.7 Å². The molecule has 2 rings (SSSR count). The minimum Gasteiger partial charge on any atom is -0.345 e. The average molecular weight is 667 g/mol. The van der Waals surface area contributed by atoms with E-state index in [1.54, 1.807) is 5.32 Å². The third-order valence-electron chi connectivity index (χ3n) is 4.92. The topological polar surface area (TPSA) is 58.2 Å². The maximum Gasteiger partial charge on any atom is 0.405 e. The highest BCUT2D eigenvalue weighted by Gasteiger charge is 2.39. The molecule has 206 valence electrons. The summed E-state index contributed by atoms with van der Waals surface area (Å²) in [6.07, 6.45) is -6.18. The lowest BCUT2D eigenvalue weighted by molar-refractivity contribution is -0.139. The summed E-state index contributed by atoms with van der Waals surface area (Å²) in [5.41, 5.74) is 0.0307. The third-order valence-corrected chi connectivity index (χ3v) is 6.78. The zero-order valence-corrected chi connectivity index (χ0v) is 22.8. The normalized spacial score (nSPS) is 13.7. The van der Waals surface area contributed by atoms with Gasteiger partial charge in [0, 0.05) is 4.47 Å². The summed E-state index contributed by atoms with van der Waals surface area (Å²) in [6, 6.07) is 4.76. The molecular weight excluding hydrogens is 649 g/mol. The first-order valence-electron chi connectivity index (χ1n) is 10.5. The molecule has 0 saturated heterocycles. The molecule has 2 amide bonds. The van der Waals surface area contributed by atoms with E-state index in [1.807, 2.05) is 0 Å². The van der Waals surface area contributed by atoms with Crippen molar-refractivity contribution in [1.29, 1.82) is 0 Å². The molecule has 0 saturated carbocycles. The summed E-state index contributed by atoms with van der Waals surface area (Å²) in [5.74, 6) is -3.95. The van der Waals surface area contributed by atoms with Gasteiger partial charge >= 0.3 is 12.4 Å². The van der Waals surface area contributed by atoms with E-state index < -0.39 is 42.7 Å². The zero-order valence-electron chi connectivity index (χ0n) is 19.0. The van der Waals surface area contributed by atoms with Gasteiger partial charge in [-0.2, -0.15) is 26.3 Å². The minimum absolute atomic E-state index is 0.0107. The second-order valence-electron chi connectivity index (χ2n) is 7.80. The van der Waals surface area contributed by atoms with Crippen LogP contribution in [0.25, 0.3) is 6.08 Å². The van der Waals surface area contributed by atoms with Gasteiger partial charge in [0.15, 0.2) is 0 Å². The lowest BCUT2D eigenvalue weighted by Gasteiger charge is -2.19. The maximum absolute atomic E-state index is 13.8. The molecule has 0 aromatic heterocycles. The Labute approximate surface area is 237 Å². The maximum atomic E-state index is 13.8. The summed E-state index contributed by atoms with van der Waals surface area (Å²) >= 11 is 20.7. The highest BCUT2D eigenvalue weighted by atomic mass is 79.9. The number of carbonyl (C=O) groups excluding carboxylic acids is 2. The van der Waals surface area contributed by atoms with E-state index >= 15 is 0 Å². The van der Waals surface area contributed by atoms with Crippen LogP contribution in [0.2, 0.25) is 15.1 Å². The number of rotatable bonds is 9. The van der Waals surface area contributed by atoms with Crippen LogP contribution in [0.1, 0.15) is 33.8 Å². The van der Waals surface area contributed by atoms with E-state index in [-0.39, 0.29) is 42.7 Å². The fraction of sp³-hybridized carbons (Fsp3) is 0.250. The number of halogens is 10. The van der Waals surface area contributed by atoms with E-state index in [4.69, 9.17) is 34.8 Å². The van der Waals surface area contributed by atoms with Gasteiger partial charge in [-0.15, -0.1) is 6.58 Å². The number of amides is 2. The van der Waals surface area contributed by atoms with Crippen LogP contribution in [0.4, 0.5) is 26.3 Å². The van der Waals surface area contributed by atoms with Crippen molar-refractivity contribution in [1.82, 2.24) is 10.6 Å². The Hall–Kier alpha value is -2.21. The van der Waals surface area contributed by atoms with Crippen LogP contribution in [0, 0.1) is 0 Å². The quantitative estimate of drug-likeness (QED) is 0.161. The Bertz CT molecular complexity index is 1210. The first-order chi connectivity index (χ1) is 17.5. The van der Waals surface area contributed by atoms with E-state index in [0.717, 1.165) is 18.2 Å². The summed E-state index contributed by atoms with van der Waals surface area (Å²) in [4.78, 5) is 24.7. The largest absolute Gasteiger partial charge is 0.405 e. The van der Waals surface area contributed by atoms with Gasteiger partial charge in [-0.25, -0.2) is 0 Å². The second kappa shape index (κ2) is 13.2. The summed E-state index contributed by atoms with van der Waals surface area (Å²) in [6.45, 7) is 1.84. The van der Waals surface area contributed by atoms with Crippen molar-refractivity contribution in [3.63, 3.8) is 0 Å². The predicted octanol–water partition coefficient (Wildman–Crippen LogP) is 8.12. The fourth-order valence-corrected chi connectivity index (χ4v) is 4.32. The van der Waals surface area contributed by atoms with E-state index in [0.29, 0.717) is 0 Å². The van der Waals surface area contributed by atoms with Crippen molar-refractivity contribution >= 4 is 68.6 Å². The van der Waals surface area contributed by atoms with Crippen LogP contribution < -0.4 is 10.6 Å². The first-order valence-corrected chi connectivity index (χ1v) is 12.4. The number of carbonyl (C=O) groups is 2. The van der Waals surface area contributed by atoms with Crippen molar-refractivity contribution in [3.8, 4) is 0 Å². The van der Waals surface area contributed by atoms with Gasteiger partial charge in [0.1, 0.15) is 12.6 Å². The van der Waals surface area contributed by atoms with Crippen molar-refractivity contribution < 1.29 is 35.9 Å². The molecule has 4 nitrogen and oxygen atoms in total. The third kappa shape index (κ3) is 9.21. The molecule has 0 aliphatic carbocycles. The van der Waals surface area contributed by atoms with Crippen molar-refractivity contribution in [3.05, 3.63) is 85.3 Å². The van der Waals surface area contributed by atoms with E-state index in [9.17, 15) is 35.9 Å². The van der Waals surface area contributed by atoms with Crippen LogP contribution in [0.3, 0.4) is 0 Å². The van der Waals surface area contributed by atoms with Crippen LogP contribution in [-0.4, -0.2) is 36.8 Å². The Balaban J connectivity index is 2.24. The molecule has 0 aliphatic rings. The van der Waals surface area contributed by atoms with Crippen LogP contribution in [0.5, 0.6) is 0 Å². The molecule has 2 atom stereocenters. The Morgan fingerprint density at radius 2 is 1.63 bits per heavy atom. The molecule has 2 N–H and O–H groups in total. The molecule has 14 heteroatoms. The van der Waals surface area contributed by atoms with Gasteiger partial charge in [-0.1, -0.05) is 59.1 Å². The van der Waals surface area contributed by atoms with Gasteiger partial charge in [0.25, 0.3) is 5.91 Å². The standard InChI is InChI=1S/C24H18BrCl3F6N2O2/c1-2-3-19(22(38)35-11-23(29,30)31)36-21(37)14-6-4-12(8-16(14)25)5-7-15(24(32,33)34)13-9-17(26)20(28)18(27)10-13/h2,4-10,15,19H,1,3,11H2,(H,35,38)(H,36,37)/b7-5+. The molecule has 0 radical (unpaired) electrons. The Kier molecular flexibility index (Phi) is 11.1. The number of hydrogen-bond donors (Lipinski definition) is 2. The molecule has 0 spiro atoms. The first kappa shape index (κ1) is 32.0. The number of hydrogen-bond acceptors (Lipinski definition) is 2. The molecule has 0 aliphatic heterocycles. The second-order valence-corrected chi connectivity index (χ2v) is 9.85. The number of nitrogens with one attached hydrogen (secondary N) is 2. The highest BCUT2D eigenvalue weighted by molar-refractivity contribution is 9.10.